The number of anilines is 1. The first-order chi connectivity index (χ1) is 9.50. The number of aromatic nitrogens is 2. The lowest BCUT2D eigenvalue weighted by atomic mass is 10.2. The molecule has 2 rings (SSSR count). The van der Waals surface area contributed by atoms with Crippen molar-refractivity contribution in [3.05, 3.63) is 21.7 Å². The minimum atomic E-state index is -0.544. The molecule has 1 unspecified atom stereocenters. The van der Waals surface area contributed by atoms with Gasteiger partial charge in [0.05, 0.1) is 19.5 Å². The summed E-state index contributed by atoms with van der Waals surface area (Å²) in [5.41, 5.74) is -0.425. The topological polar surface area (TPSA) is 87.3 Å². The van der Waals surface area contributed by atoms with Gasteiger partial charge in [-0.25, -0.2) is 4.98 Å². The van der Waals surface area contributed by atoms with Crippen molar-refractivity contribution < 1.29 is 9.53 Å². The number of carbonyl (C=O) groups is 1. The highest BCUT2D eigenvalue weighted by Crippen LogP contribution is 2.22. The van der Waals surface area contributed by atoms with Crippen molar-refractivity contribution in [1.29, 1.82) is 0 Å². The molecule has 2 heterocycles. The van der Waals surface area contributed by atoms with Crippen LogP contribution in [0.4, 0.5) is 5.82 Å². The van der Waals surface area contributed by atoms with Crippen LogP contribution < -0.4 is 15.8 Å². The number of morpholine rings is 1. The molecule has 1 amide bonds. The van der Waals surface area contributed by atoms with Crippen LogP contribution in [0.1, 0.15) is 13.8 Å². The molecule has 1 saturated heterocycles. The molecule has 0 aliphatic carbocycles. The zero-order valence-corrected chi connectivity index (χ0v) is 12.1. The van der Waals surface area contributed by atoms with Gasteiger partial charge in [0.2, 0.25) is 5.91 Å². The van der Waals surface area contributed by atoms with Gasteiger partial charge in [-0.3, -0.25) is 9.59 Å². The smallest absolute Gasteiger partial charge is 0.271 e. The van der Waals surface area contributed by atoms with Crippen LogP contribution in [0, 0.1) is 0 Å². The third-order valence-electron chi connectivity index (χ3n) is 2.91. The van der Waals surface area contributed by atoms with Gasteiger partial charge in [-0.1, -0.05) is 11.6 Å². The van der Waals surface area contributed by atoms with Gasteiger partial charge in [-0.15, -0.1) is 0 Å². The second-order valence-electron chi connectivity index (χ2n) is 4.82. The predicted molar refractivity (Wildman–Crippen MR) is 75.1 cm³/mol. The lowest BCUT2D eigenvalue weighted by Crippen LogP contribution is -2.55. The number of H-pyrrole nitrogens is 1. The first-order valence-corrected chi connectivity index (χ1v) is 6.76. The second-order valence-corrected chi connectivity index (χ2v) is 5.19. The number of aromatic amines is 1. The number of nitrogens with one attached hydrogen (secondary N) is 2. The zero-order chi connectivity index (χ0) is 14.7. The van der Waals surface area contributed by atoms with Gasteiger partial charge in [-0.2, -0.15) is 0 Å². The maximum atomic E-state index is 12.2. The maximum absolute atomic E-state index is 12.2. The SMILES string of the molecule is CC(C)NC(=O)C1COCCN1c1nc[nH]c(=O)c1Cl. The van der Waals surface area contributed by atoms with E-state index >= 15 is 0 Å². The highest BCUT2D eigenvalue weighted by molar-refractivity contribution is 6.32. The van der Waals surface area contributed by atoms with Crippen molar-refractivity contribution >= 4 is 23.3 Å². The van der Waals surface area contributed by atoms with Gasteiger partial charge in [0.25, 0.3) is 5.56 Å². The average molecular weight is 301 g/mol. The monoisotopic (exact) mass is 300 g/mol. The Balaban J connectivity index is 2.29. The van der Waals surface area contributed by atoms with Gasteiger partial charge in [0, 0.05) is 12.6 Å². The van der Waals surface area contributed by atoms with Crippen LogP contribution in [0.5, 0.6) is 0 Å². The molecule has 0 spiro atoms. The quantitative estimate of drug-likeness (QED) is 0.830. The van der Waals surface area contributed by atoms with E-state index in [0.717, 1.165) is 0 Å². The summed E-state index contributed by atoms with van der Waals surface area (Å²) in [6, 6.07) is -0.521. The summed E-state index contributed by atoms with van der Waals surface area (Å²) in [5.74, 6) is 0.139. The number of amides is 1. The fourth-order valence-electron chi connectivity index (χ4n) is 2.03. The third kappa shape index (κ3) is 3.10. The Bertz CT molecular complexity index is 546. The van der Waals surface area contributed by atoms with Gasteiger partial charge >= 0.3 is 0 Å². The highest BCUT2D eigenvalue weighted by Gasteiger charge is 2.32. The number of ether oxygens (including phenoxy) is 1. The molecule has 1 aromatic heterocycles. The standard InChI is InChI=1S/C12H17ClN4O3/c1-7(2)16-11(18)8-5-20-4-3-17(8)10-9(13)12(19)15-6-14-10/h6-8H,3-5H2,1-2H3,(H,16,18)(H,14,15,19). The lowest BCUT2D eigenvalue weighted by Gasteiger charge is -2.35. The summed E-state index contributed by atoms with van der Waals surface area (Å²) in [5, 5.41) is 2.81. The molecule has 110 valence electrons. The van der Waals surface area contributed by atoms with Gasteiger partial charge in [-0.05, 0) is 13.8 Å². The summed E-state index contributed by atoms with van der Waals surface area (Å²) in [6.07, 6.45) is 1.27. The van der Waals surface area contributed by atoms with E-state index in [-0.39, 0.29) is 23.6 Å². The number of carbonyl (C=O) groups excluding carboxylic acids is 1. The molecule has 1 fully saturated rings. The minimum Gasteiger partial charge on any atom is -0.377 e. The summed E-state index contributed by atoms with van der Waals surface area (Å²) in [6.45, 7) is 4.90. The van der Waals surface area contributed by atoms with Crippen LogP contribution in [-0.2, 0) is 9.53 Å². The minimum absolute atomic E-state index is 0.0169. The van der Waals surface area contributed by atoms with E-state index in [1.165, 1.54) is 6.33 Å². The number of nitrogens with zero attached hydrogens (tertiary/aromatic N) is 2. The molecule has 0 radical (unpaired) electrons. The number of hydrogen-bond acceptors (Lipinski definition) is 5. The molecule has 0 bridgehead atoms. The molecular formula is C12H17ClN4O3. The first-order valence-electron chi connectivity index (χ1n) is 6.38. The van der Waals surface area contributed by atoms with Crippen molar-refractivity contribution in [3.63, 3.8) is 0 Å². The normalized spacial score (nSPS) is 19.2. The molecule has 1 aliphatic rings. The largest absolute Gasteiger partial charge is 0.377 e. The molecule has 1 aromatic rings. The second kappa shape index (κ2) is 6.23. The Morgan fingerprint density at radius 1 is 1.65 bits per heavy atom. The molecule has 1 aliphatic heterocycles. The van der Waals surface area contributed by atoms with Crippen LogP contribution in [0.3, 0.4) is 0 Å². The number of rotatable bonds is 3. The van der Waals surface area contributed by atoms with Crippen molar-refractivity contribution in [3.8, 4) is 0 Å². The molecule has 0 saturated carbocycles. The van der Waals surface area contributed by atoms with Crippen molar-refractivity contribution in [2.75, 3.05) is 24.7 Å². The van der Waals surface area contributed by atoms with E-state index in [4.69, 9.17) is 16.3 Å². The molecule has 20 heavy (non-hydrogen) atoms. The fraction of sp³-hybridized carbons (Fsp3) is 0.583. The van der Waals surface area contributed by atoms with Crippen LogP contribution >= 0.6 is 11.6 Å². The molecule has 0 aromatic carbocycles. The Morgan fingerprint density at radius 3 is 3.10 bits per heavy atom. The van der Waals surface area contributed by atoms with E-state index in [2.05, 4.69) is 15.3 Å². The fourth-order valence-corrected chi connectivity index (χ4v) is 2.24. The summed E-state index contributed by atoms with van der Waals surface area (Å²) in [7, 11) is 0. The van der Waals surface area contributed by atoms with Gasteiger partial charge in [0.1, 0.15) is 11.1 Å². The van der Waals surface area contributed by atoms with E-state index in [0.29, 0.717) is 19.0 Å². The Labute approximate surface area is 121 Å². The molecule has 8 heteroatoms. The molecule has 1 atom stereocenters. The van der Waals surface area contributed by atoms with E-state index in [1.807, 2.05) is 13.8 Å². The van der Waals surface area contributed by atoms with Crippen molar-refractivity contribution in [1.82, 2.24) is 15.3 Å². The maximum Gasteiger partial charge on any atom is 0.271 e. The third-order valence-corrected chi connectivity index (χ3v) is 3.25. The molecule has 7 nitrogen and oxygen atoms in total. The van der Waals surface area contributed by atoms with Gasteiger partial charge < -0.3 is 19.9 Å². The van der Waals surface area contributed by atoms with E-state index in [9.17, 15) is 9.59 Å². The first kappa shape index (κ1) is 14.8. The number of halogens is 1. The van der Waals surface area contributed by atoms with E-state index < -0.39 is 11.6 Å². The van der Waals surface area contributed by atoms with Crippen LogP contribution in [0.25, 0.3) is 0 Å². The summed E-state index contributed by atoms with van der Waals surface area (Å²) in [4.78, 5) is 31.9. The Morgan fingerprint density at radius 2 is 2.40 bits per heavy atom. The molecule has 2 N–H and O–H groups in total. The van der Waals surface area contributed by atoms with Crippen LogP contribution in [0.2, 0.25) is 5.02 Å². The van der Waals surface area contributed by atoms with Crippen molar-refractivity contribution in [2.45, 2.75) is 25.9 Å². The summed E-state index contributed by atoms with van der Waals surface area (Å²) < 4.78 is 5.35. The van der Waals surface area contributed by atoms with Crippen LogP contribution in [-0.4, -0.2) is 47.7 Å². The molecular weight excluding hydrogens is 284 g/mol. The van der Waals surface area contributed by atoms with Crippen molar-refractivity contribution in [2.24, 2.45) is 0 Å². The average Bonchev–Trinajstić information content (AvgIpc) is 2.41. The van der Waals surface area contributed by atoms with E-state index in [1.54, 1.807) is 4.90 Å². The Hall–Kier alpha value is -1.60. The van der Waals surface area contributed by atoms with Gasteiger partial charge in [0.15, 0.2) is 5.82 Å². The highest BCUT2D eigenvalue weighted by atomic mass is 35.5. The zero-order valence-electron chi connectivity index (χ0n) is 11.4. The Kier molecular flexibility index (Phi) is 4.61. The lowest BCUT2D eigenvalue weighted by molar-refractivity contribution is -0.125. The predicted octanol–water partition coefficient (Wildman–Crippen LogP) is 0.153. The number of hydrogen-bond donors (Lipinski definition) is 2. The van der Waals surface area contributed by atoms with Crippen LogP contribution in [0.15, 0.2) is 11.1 Å². The summed E-state index contributed by atoms with van der Waals surface area (Å²) >= 11 is 5.98.